The van der Waals surface area contributed by atoms with Crippen LogP contribution in [0.4, 0.5) is 0 Å². The quantitative estimate of drug-likeness (QED) is 0.137. The first-order chi connectivity index (χ1) is 14.2. The lowest BCUT2D eigenvalue weighted by Gasteiger charge is -2.26. The minimum atomic E-state index is -1.78. The fraction of sp³-hybridized carbons (Fsp3) is 0.647. The second-order valence-corrected chi connectivity index (χ2v) is 7.23. The third-order valence-electron chi connectivity index (χ3n) is 4.12. The van der Waals surface area contributed by atoms with E-state index in [-0.39, 0.29) is 5.92 Å². The lowest BCUT2D eigenvalue weighted by atomic mass is 10.0. The summed E-state index contributed by atoms with van der Waals surface area (Å²) in [7, 11) is 0. The van der Waals surface area contributed by atoms with E-state index in [0.717, 1.165) is 0 Å². The maximum Gasteiger partial charge on any atom is 0.326 e. The lowest BCUT2D eigenvalue weighted by molar-refractivity contribution is -0.145. The molecule has 10 N–H and O–H groups in total. The number of carbonyl (C=O) groups excluding carboxylic acids is 4. The smallest absolute Gasteiger partial charge is 0.326 e. The van der Waals surface area contributed by atoms with Crippen LogP contribution in [0.5, 0.6) is 0 Å². The van der Waals surface area contributed by atoms with Gasteiger partial charge in [-0.05, 0) is 12.8 Å². The van der Waals surface area contributed by atoms with Gasteiger partial charge in [-0.3, -0.25) is 24.0 Å². The molecule has 0 saturated carbocycles. The van der Waals surface area contributed by atoms with Crippen LogP contribution in [0.1, 0.15) is 33.6 Å². The number of nitrogens with one attached hydrogen (secondary N) is 3. The number of carboxylic acid groups (broad SMARTS) is 2. The molecule has 0 spiro atoms. The van der Waals surface area contributed by atoms with Gasteiger partial charge in [0.15, 0.2) is 0 Å². The highest BCUT2D eigenvalue weighted by atomic mass is 16.4. The average molecular weight is 447 g/mol. The highest BCUT2D eigenvalue weighted by molar-refractivity contribution is 5.96. The minimum absolute atomic E-state index is 0.290. The Morgan fingerprint density at radius 1 is 0.806 bits per heavy atom. The van der Waals surface area contributed by atoms with Crippen LogP contribution >= 0.6 is 0 Å². The summed E-state index contributed by atoms with van der Waals surface area (Å²) in [6.07, 6.45) is -3.17. The molecule has 5 unspecified atom stereocenters. The maximum atomic E-state index is 12.5. The Bertz CT molecular complexity index is 710. The van der Waals surface area contributed by atoms with Gasteiger partial charge in [0.25, 0.3) is 0 Å². The van der Waals surface area contributed by atoms with Gasteiger partial charge in [-0.1, -0.05) is 13.8 Å². The third-order valence-corrected chi connectivity index (χ3v) is 4.12. The van der Waals surface area contributed by atoms with Crippen LogP contribution in [-0.2, 0) is 28.8 Å². The number of rotatable bonds is 13. The van der Waals surface area contributed by atoms with Gasteiger partial charge in [-0.25, -0.2) is 4.79 Å². The number of carboxylic acids is 2. The van der Waals surface area contributed by atoms with Gasteiger partial charge in [0, 0.05) is 0 Å². The predicted octanol–water partition coefficient (Wildman–Crippen LogP) is -3.76. The van der Waals surface area contributed by atoms with Gasteiger partial charge in [-0.15, -0.1) is 0 Å². The summed E-state index contributed by atoms with van der Waals surface area (Å²) in [5.41, 5.74) is 10.6. The zero-order valence-electron chi connectivity index (χ0n) is 17.3. The van der Waals surface area contributed by atoms with Gasteiger partial charge in [0.2, 0.25) is 23.6 Å². The van der Waals surface area contributed by atoms with Crippen LogP contribution < -0.4 is 27.4 Å². The predicted molar refractivity (Wildman–Crippen MR) is 104 cm³/mol. The summed E-state index contributed by atoms with van der Waals surface area (Å²) in [4.78, 5) is 70.2. The van der Waals surface area contributed by atoms with Gasteiger partial charge >= 0.3 is 11.9 Å². The molecule has 0 aromatic carbocycles. The first kappa shape index (κ1) is 27.7. The Labute approximate surface area is 177 Å². The van der Waals surface area contributed by atoms with Crippen molar-refractivity contribution >= 4 is 35.6 Å². The summed E-state index contributed by atoms with van der Waals surface area (Å²) >= 11 is 0. The van der Waals surface area contributed by atoms with Crippen molar-refractivity contribution < 1.29 is 44.1 Å². The number of hydrogen-bond acceptors (Lipinski definition) is 8. The van der Waals surface area contributed by atoms with Crippen molar-refractivity contribution in [2.45, 2.75) is 63.9 Å². The summed E-state index contributed by atoms with van der Waals surface area (Å²) in [6.45, 7) is 4.48. The Balaban J connectivity index is 5.49. The molecule has 5 atom stereocenters. The van der Waals surface area contributed by atoms with E-state index in [1.807, 2.05) is 10.6 Å². The molecular weight excluding hydrogens is 418 g/mol. The first-order valence-electron chi connectivity index (χ1n) is 9.25. The van der Waals surface area contributed by atoms with Gasteiger partial charge < -0.3 is 42.7 Å². The number of nitrogens with two attached hydrogens (primary N) is 2. The number of aliphatic hydroxyl groups is 1. The number of carbonyl (C=O) groups is 6. The van der Waals surface area contributed by atoms with Crippen molar-refractivity contribution in [3.8, 4) is 0 Å². The maximum absolute atomic E-state index is 12.5. The fourth-order valence-electron chi connectivity index (χ4n) is 2.28. The molecule has 176 valence electrons. The van der Waals surface area contributed by atoms with Crippen LogP contribution in [0.15, 0.2) is 0 Å². The molecule has 0 aliphatic rings. The normalized spacial score (nSPS) is 15.7. The molecule has 0 bridgehead atoms. The average Bonchev–Trinajstić information content (AvgIpc) is 2.62. The van der Waals surface area contributed by atoms with E-state index in [1.54, 1.807) is 13.8 Å². The topological polar surface area (TPSA) is 251 Å². The Morgan fingerprint density at radius 2 is 1.32 bits per heavy atom. The second-order valence-electron chi connectivity index (χ2n) is 7.23. The summed E-state index contributed by atoms with van der Waals surface area (Å²) in [6, 6.07) is -6.12. The molecule has 0 aromatic rings. The zero-order valence-corrected chi connectivity index (χ0v) is 17.3. The molecule has 0 radical (unpaired) electrons. The van der Waals surface area contributed by atoms with Gasteiger partial charge in [0.05, 0.1) is 25.0 Å². The fourth-order valence-corrected chi connectivity index (χ4v) is 2.28. The van der Waals surface area contributed by atoms with E-state index >= 15 is 0 Å². The molecule has 0 rings (SSSR count). The third kappa shape index (κ3) is 9.86. The van der Waals surface area contributed by atoms with Crippen LogP contribution in [0, 0.1) is 5.92 Å². The van der Waals surface area contributed by atoms with E-state index in [2.05, 4.69) is 5.32 Å². The summed E-state index contributed by atoms with van der Waals surface area (Å²) in [5, 5.41) is 34.1. The van der Waals surface area contributed by atoms with Crippen molar-refractivity contribution in [1.29, 1.82) is 0 Å². The number of aliphatic hydroxyl groups excluding tert-OH is 1. The van der Waals surface area contributed by atoms with Crippen LogP contribution in [0.2, 0.25) is 0 Å². The standard InChI is InChI=1S/C17H29N5O9/c1-6(2)12(19)15(28)22-13(7(3)23)16(29)20-8(5-11(25)26)14(27)21-9(17(30)31)4-10(18)24/h6-9,12-13,23H,4-5,19H2,1-3H3,(H2,18,24)(H,20,29)(H,21,27)(H,22,28)(H,25,26)(H,30,31). The van der Waals surface area contributed by atoms with Crippen LogP contribution in [-0.4, -0.2) is 81.2 Å². The highest BCUT2D eigenvalue weighted by Crippen LogP contribution is 2.03. The second kappa shape index (κ2) is 12.4. The number of aliphatic carboxylic acids is 2. The molecule has 0 saturated heterocycles. The van der Waals surface area contributed by atoms with Crippen molar-refractivity contribution in [3.63, 3.8) is 0 Å². The lowest BCUT2D eigenvalue weighted by Crippen LogP contribution is -2.60. The Kier molecular flexibility index (Phi) is 11.1. The zero-order chi connectivity index (χ0) is 24.5. The monoisotopic (exact) mass is 447 g/mol. The molecule has 0 aliphatic heterocycles. The molecule has 0 aromatic heterocycles. The van der Waals surface area contributed by atoms with Gasteiger partial charge in [0.1, 0.15) is 18.1 Å². The highest BCUT2D eigenvalue weighted by Gasteiger charge is 2.34. The van der Waals surface area contributed by atoms with Crippen molar-refractivity contribution in [2.24, 2.45) is 17.4 Å². The van der Waals surface area contributed by atoms with E-state index in [9.17, 15) is 33.9 Å². The Hall–Kier alpha value is -3.26. The molecule has 4 amide bonds. The largest absolute Gasteiger partial charge is 0.481 e. The number of hydrogen-bond donors (Lipinski definition) is 8. The summed E-state index contributed by atoms with van der Waals surface area (Å²) < 4.78 is 0. The van der Waals surface area contributed by atoms with Crippen LogP contribution in [0.3, 0.4) is 0 Å². The minimum Gasteiger partial charge on any atom is -0.481 e. The SMILES string of the molecule is CC(C)C(N)C(=O)NC(C(=O)NC(CC(=O)O)C(=O)NC(CC(N)=O)C(=O)O)C(C)O. The number of primary amides is 1. The van der Waals surface area contributed by atoms with Crippen molar-refractivity contribution in [1.82, 2.24) is 16.0 Å². The molecule has 31 heavy (non-hydrogen) atoms. The molecule has 0 fully saturated rings. The molecule has 0 aliphatic carbocycles. The van der Waals surface area contributed by atoms with E-state index in [4.69, 9.17) is 21.7 Å². The Morgan fingerprint density at radius 3 is 1.71 bits per heavy atom. The molecular formula is C17H29N5O9. The number of amides is 4. The van der Waals surface area contributed by atoms with E-state index in [0.29, 0.717) is 0 Å². The van der Waals surface area contributed by atoms with E-state index < -0.39 is 78.7 Å². The first-order valence-corrected chi connectivity index (χ1v) is 9.25. The van der Waals surface area contributed by atoms with Crippen molar-refractivity contribution in [3.05, 3.63) is 0 Å². The molecule has 14 heteroatoms. The van der Waals surface area contributed by atoms with E-state index in [1.165, 1.54) is 6.92 Å². The molecule has 14 nitrogen and oxygen atoms in total. The summed E-state index contributed by atoms with van der Waals surface area (Å²) in [5.74, 6) is -7.54. The van der Waals surface area contributed by atoms with Gasteiger partial charge in [-0.2, -0.15) is 0 Å². The van der Waals surface area contributed by atoms with Crippen LogP contribution in [0.25, 0.3) is 0 Å². The van der Waals surface area contributed by atoms with Crippen molar-refractivity contribution in [2.75, 3.05) is 0 Å². The molecule has 0 heterocycles.